The Labute approximate surface area is 158 Å². The van der Waals surface area contributed by atoms with E-state index in [-0.39, 0.29) is 12.0 Å². The summed E-state index contributed by atoms with van der Waals surface area (Å²) in [4.78, 5) is 18.3. The van der Waals surface area contributed by atoms with Gasteiger partial charge in [0.05, 0.1) is 18.9 Å². The predicted molar refractivity (Wildman–Crippen MR) is 105 cm³/mol. The van der Waals surface area contributed by atoms with E-state index in [2.05, 4.69) is 10.3 Å². The molecule has 1 fully saturated rings. The lowest BCUT2D eigenvalue weighted by Gasteiger charge is -2.19. The fourth-order valence-corrected chi connectivity index (χ4v) is 4.09. The molecule has 0 bridgehead atoms. The number of rotatable bonds is 7. The molecule has 1 saturated carbocycles. The SMILES string of the molecule is CCC(OC1CCCC1)C(=O)Nc1nc(-c2ccc(OC)cc2)c(C)s1. The Balaban J connectivity index is 1.68. The number of aryl methyl sites for hydroxylation is 1. The first-order chi connectivity index (χ1) is 12.6. The molecule has 140 valence electrons. The predicted octanol–water partition coefficient (Wildman–Crippen LogP) is 4.80. The summed E-state index contributed by atoms with van der Waals surface area (Å²) in [6.07, 6.45) is 4.98. The topological polar surface area (TPSA) is 60.5 Å². The van der Waals surface area contributed by atoms with Gasteiger partial charge in [0.2, 0.25) is 0 Å². The highest BCUT2D eigenvalue weighted by molar-refractivity contribution is 7.16. The fourth-order valence-electron chi connectivity index (χ4n) is 3.25. The second-order valence-electron chi connectivity index (χ2n) is 6.58. The van der Waals surface area contributed by atoms with E-state index in [0.717, 1.165) is 34.7 Å². The molecule has 1 aliphatic rings. The number of carbonyl (C=O) groups is 1. The average Bonchev–Trinajstić information content (AvgIpc) is 3.29. The maximum Gasteiger partial charge on any atom is 0.255 e. The lowest BCUT2D eigenvalue weighted by atomic mass is 10.1. The molecule has 1 N–H and O–H groups in total. The van der Waals surface area contributed by atoms with Gasteiger partial charge in [-0.3, -0.25) is 10.1 Å². The minimum Gasteiger partial charge on any atom is -0.497 e. The molecule has 6 heteroatoms. The van der Waals surface area contributed by atoms with Crippen LogP contribution >= 0.6 is 11.3 Å². The summed E-state index contributed by atoms with van der Waals surface area (Å²) >= 11 is 1.49. The van der Waals surface area contributed by atoms with Gasteiger partial charge in [-0.2, -0.15) is 0 Å². The third-order valence-corrected chi connectivity index (χ3v) is 5.60. The van der Waals surface area contributed by atoms with Crippen LogP contribution in [0.5, 0.6) is 5.75 Å². The summed E-state index contributed by atoms with van der Waals surface area (Å²) in [7, 11) is 1.65. The number of ether oxygens (including phenoxy) is 2. The first kappa shape index (κ1) is 18.9. The normalized spacial score (nSPS) is 15.8. The van der Waals surface area contributed by atoms with Crippen LogP contribution in [0.1, 0.15) is 43.9 Å². The Kier molecular flexibility index (Phi) is 6.27. The number of anilines is 1. The number of nitrogens with zero attached hydrogens (tertiary/aromatic N) is 1. The van der Waals surface area contributed by atoms with E-state index in [1.165, 1.54) is 24.2 Å². The Morgan fingerprint density at radius 3 is 2.62 bits per heavy atom. The molecule has 0 aliphatic heterocycles. The number of thiazole rings is 1. The van der Waals surface area contributed by atoms with Gasteiger partial charge in [0.1, 0.15) is 11.9 Å². The van der Waals surface area contributed by atoms with Crippen molar-refractivity contribution in [2.75, 3.05) is 12.4 Å². The van der Waals surface area contributed by atoms with Crippen molar-refractivity contribution in [2.45, 2.75) is 58.2 Å². The van der Waals surface area contributed by atoms with E-state index < -0.39 is 6.10 Å². The number of hydrogen-bond acceptors (Lipinski definition) is 5. The molecule has 1 heterocycles. The molecular weight excluding hydrogens is 348 g/mol. The van der Waals surface area contributed by atoms with Crippen LogP contribution in [0, 0.1) is 6.92 Å². The number of hydrogen-bond donors (Lipinski definition) is 1. The maximum atomic E-state index is 12.6. The van der Waals surface area contributed by atoms with Gasteiger partial charge >= 0.3 is 0 Å². The fraction of sp³-hybridized carbons (Fsp3) is 0.500. The molecule has 0 radical (unpaired) electrons. The van der Waals surface area contributed by atoms with Gasteiger partial charge in [0.25, 0.3) is 5.91 Å². The van der Waals surface area contributed by atoms with Crippen molar-refractivity contribution < 1.29 is 14.3 Å². The van der Waals surface area contributed by atoms with Crippen LogP contribution < -0.4 is 10.1 Å². The van der Waals surface area contributed by atoms with Crippen molar-refractivity contribution >= 4 is 22.4 Å². The average molecular weight is 375 g/mol. The van der Waals surface area contributed by atoms with Gasteiger partial charge in [-0.05, 0) is 50.5 Å². The van der Waals surface area contributed by atoms with Crippen LogP contribution in [0.15, 0.2) is 24.3 Å². The summed E-state index contributed by atoms with van der Waals surface area (Å²) in [5.74, 6) is 0.708. The zero-order valence-corrected chi connectivity index (χ0v) is 16.4. The number of methoxy groups -OCH3 is 1. The third-order valence-electron chi connectivity index (χ3n) is 4.71. The molecular formula is C20H26N2O3S. The van der Waals surface area contributed by atoms with Crippen LogP contribution in [0.25, 0.3) is 11.3 Å². The first-order valence-electron chi connectivity index (χ1n) is 9.19. The molecule has 1 amide bonds. The second kappa shape index (κ2) is 8.64. The van der Waals surface area contributed by atoms with Crippen molar-refractivity contribution in [3.05, 3.63) is 29.1 Å². The summed E-state index contributed by atoms with van der Waals surface area (Å²) in [6, 6.07) is 7.78. The first-order valence-corrected chi connectivity index (χ1v) is 10.0. The Hall–Kier alpha value is -1.92. The molecule has 1 unspecified atom stereocenters. The summed E-state index contributed by atoms with van der Waals surface area (Å²) in [5, 5.41) is 3.56. The molecule has 0 saturated heterocycles. The van der Waals surface area contributed by atoms with Crippen molar-refractivity contribution in [2.24, 2.45) is 0 Å². The largest absolute Gasteiger partial charge is 0.497 e. The minimum absolute atomic E-state index is 0.102. The number of benzene rings is 1. The van der Waals surface area contributed by atoms with Gasteiger partial charge in [-0.25, -0.2) is 4.98 Å². The monoisotopic (exact) mass is 374 g/mol. The standard InChI is InChI=1S/C20H26N2O3S/c1-4-17(25-16-7-5-6-8-16)19(23)22-20-21-18(13(2)26-20)14-9-11-15(24-3)12-10-14/h9-12,16-17H,4-8H2,1-3H3,(H,21,22,23). The third kappa shape index (κ3) is 4.43. The van der Waals surface area contributed by atoms with E-state index in [0.29, 0.717) is 11.6 Å². The summed E-state index contributed by atoms with van der Waals surface area (Å²) < 4.78 is 11.2. The van der Waals surface area contributed by atoms with Gasteiger partial charge in [0.15, 0.2) is 5.13 Å². The van der Waals surface area contributed by atoms with Gasteiger partial charge < -0.3 is 9.47 Å². The van der Waals surface area contributed by atoms with E-state index in [1.54, 1.807) is 7.11 Å². The molecule has 3 rings (SSSR count). The number of nitrogens with one attached hydrogen (secondary N) is 1. The van der Waals surface area contributed by atoms with Crippen LogP contribution in [0.2, 0.25) is 0 Å². The quantitative estimate of drug-likeness (QED) is 0.756. The highest BCUT2D eigenvalue weighted by atomic mass is 32.1. The molecule has 5 nitrogen and oxygen atoms in total. The molecule has 1 aliphatic carbocycles. The van der Waals surface area contributed by atoms with Gasteiger partial charge in [-0.15, -0.1) is 11.3 Å². The smallest absolute Gasteiger partial charge is 0.255 e. The van der Waals surface area contributed by atoms with E-state index in [1.807, 2.05) is 38.1 Å². The molecule has 1 aromatic heterocycles. The van der Waals surface area contributed by atoms with Gasteiger partial charge in [0, 0.05) is 10.4 Å². The molecule has 26 heavy (non-hydrogen) atoms. The number of amides is 1. The van der Waals surface area contributed by atoms with Gasteiger partial charge in [-0.1, -0.05) is 19.8 Å². The van der Waals surface area contributed by atoms with E-state index >= 15 is 0 Å². The summed E-state index contributed by atoms with van der Waals surface area (Å²) in [6.45, 7) is 3.99. The van der Waals surface area contributed by atoms with Crippen molar-refractivity contribution in [1.29, 1.82) is 0 Å². The van der Waals surface area contributed by atoms with Crippen LogP contribution in [-0.4, -0.2) is 30.2 Å². The zero-order chi connectivity index (χ0) is 18.5. The second-order valence-corrected chi connectivity index (χ2v) is 7.78. The van der Waals surface area contributed by atoms with Crippen molar-refractivity contribution in [3.8, 4) is 17.0 Å². The molecule has 2 aromatic rings. The highest BCUT2D eigenvalue weighted by Crippen LogP contribution is 2.31. The number of aromatic nitrogens is 1. The van der Waals surface area contributed by atoms with Crippen LogP contribution in [0.4, 0.5) is 5.13 Å². The Bertz CT molecular complexity index is 736. The highest BCUT2D eigenvalue weighted by Gasteiger charge is 2.25. The van der Waals surface area contributed by atoms with Crippen LogP contribution in [-0.2, 0) is 9.53 Å². The Morgan fingerprint density at radius 1 is 1.31 bits per heavy atom. The molecule has 0 spiro atoms. The zero-order valence-electron chi connectivity index (χ0n) is 15.6. The molecule has 1 aromatic carbocycles. The number of carbonyl (C=O) groups excluding carboxylic acids is 1. The van der Waals surface area contributed by atoms with E-state index in [4.69, 9.17) is 9.47 Å². The van der Waals surface area contributed by atoms with Crippen molar-refractivity contribution in [3.63, 3.8) is 0 Å². The van der Waals surface area contributed by atoms with E-state index in [9.17, 15) is 4.79 Å². The van der Waals surface area contributed by atoms with Crippen molar-refractivity contribution in [1.82, 2.24) is 4.98 Å². The van der Waals surface area contributed by atoms with Crippen LogP contribution in [0.3, 0.4) is 0 Å². The molecule has 1 atom stereocenters. The summed E-state index contributed by atoms with van der Waals surface area (Å²) in [5.41, 5.74) is 1.90. The maximum absolute atomic E-state index is 12.6. The lowest BCUT2D eigenvalue weighted by Crippen LogP contribution is -2.32. The minimum atomic E-state index is -0.410. The Morgan fingerprint density at radius 2 is 2.00 bits per heavy atom. The lowest BCUT2D eigenvalue weighted by molar-refractivity contribution is -0.131.